The Balaban J connectivity index is 1.48. The number of aliphatic hydroxyl groups is 1. The van der Waals surface area contributed by atoms with Gasteiger partial charge in [-0.25, -0.2) is 0 Å². The predicted octanol–water partition coefficient (Wildman–Crippen LogP) is 0.765. The minimum absolute atomic E-state index is 0.000263. The molecule has 0 aromatic heterocycles. The molecule has 1 saturated carbocycles. The molecule has 0 spiro atoms. The van der Waals surface area contributed by atoms with E-state index >= 15 is 0 Å². The molecule has 0 aromatic rings. The van der Waals surface area contributed by atoms with E-state index in [1.807, 2.05) is 6.92 Å². The molecule has 0 bridgehead atoms. The van der Waals surface area contributed by atoms with Crippen LogP contribution in [0.1, 0.15) is 39.0 Å². The van der Waals surface area contributed by atoms with Crippen LogP contribution in [0.4, 0.5) is 0 Å². The maximum atomic E-state index is 11.8. The van der Waals surface area contributed by atoms with E-state index in [4.69, 9.17) is 4.74 Å². The van der Waals surface area contributed by atoms with Crippen molar-refractivity contribution in [3.05, 3.63) is 0 Å². The van der Waals surface area contributed by atoms with Crippen LogP contribution >= 0.6 is 0 Å². The number of aliphatic hydroxyl groups excluding tert-OH is 1. The minimum Gasteiger partial charge on any atom is -0.393 e. The summed E-state index contributed by atoms with van der Waals surface area (Å²) in [5.41, 5.74) is 0. The molecule has 1 atom stereocenters. The van der Waals surface area contributed by atoms with Crippen molar-refractivity contribution in [1.82, 2.24) is 10.2 Å². The zero-order valence-corrected chi connectivity index (χ0v) is 12.5. The second-order valence-corrected chi connectivity index (χ2v) is 6.14. The summed E-state index contributed by atoms with van der Waals surface area (Å²) in [5, 5.41) is 12.4. The van der Waals surface area contributed by atoms with E-state index < -0.39 is 0 Å². The van der Waals surface area contributed by atoms with E-state index in [0.717, 1.165) is 45.5 Å². The third-order valence-electron chi connectivity index (χ3n) is 4.16. The Kier molecular flexibility index (Phi) is 6.26. The average Bonchev–Trinajstić information content (AvgIpc) is 3.27. The number of piperidine rings is 1. The van der Waals surface area contributed by atoms with Gasteiger partial charge in [-0.3, -0.25) is 4.79 Å². The van der Waals surface area contributed by atoms with Crippen LogP contribution in [0, 0.1) is 5.92 Å². The van der Waals surface area contributed by atoms with Crippen LogP contribution in [0.3, 0.4) is 0 Å². The van der Waals surface area contributed by atoms with E-state index in [-0.39, 0.29) is 18.1 Å². The lowest BCUT2D eigenvalue weighted by molar-refractivity contribution is -0.132. The molecule has 2 N–H and O–H groups in total. The van der Waals surface area contributed by atoms with Crippen molar-refractivity contribution in [1.29, 1.82) is 0 Å². The number of carbonyl (C=O) groups excluding carboxylic acids is 1. The molecule has 0 aromatic carbocycles. The first-order chi connectivity index (χ1) is 9.65. The molecule has 1 aliphatic carbocycles. The Morgan fingerprint density at radius 2 is 2.05 bits per heavy atom. The molecule has 5 heteroatoms. The molecule has 1 amide bonds. The fourth-order valence-electron chi connectivity index (χ4n) is 2.44. The van der Waals surface area contributed by atoms with Gasteiger partial charge >= 0.3 is 0 Å². The third kappa shape index (κ3) is 5.77. The van der Waals surface area contributed by atoms with Crippen molar-refractivity contribution >= 4 is 5.91 Å². The quantitative estimate of drug-likeness (QED) is 0.646. The average molecular weight is 284 g/mol. The molecule has 1 aliphatic heterocycles. The highest BCUT2D eigenvalue weighted by atomic mass is 16.5. The number of likely N-dealkylation sites (tertiary alicyclic amines) is 1. The largest absolute Gasteiger partial charge is 0.393 e. The second kappa shape index (κ2) is 7.96. The summed E-state index contributed by atoms with van der Waals surface area (Å²) in [6, 6.07) is 0. The SMILES string of the molecule is CC(OCC1CC1)C(=O)NCCCN1CCC(O)CC1. The second-order valence-electron chi connectivity index (χ2n) is 6.14. The van der Waals surface area contributed by atoms with Gasteiger partial charge in [-0.1, -0.05) is 0 Å². The van der Waals surface area contributed by atoms with Crippen LogP contribution in [0.15, 0.2) is 0 Å². The molecular weight excluding hydrogens is 256 g/mol. The smallest absolute Gasteiger partial charge is 0.248 e. The summed E-state index contributed by atoms with van der Waals surface area (Å²) in [5.74, 6) is 0.694. The summed E-state index contributed by atoms with van der Waals surface area (Å²) in [4.78, 5) is 14.1. The summed E-state index contributed by atoms with van der Waals surface area (Å²) in [6.07, 6.45) is 4.75. The predicted molar refractivity (Wildman–Crippen MR) is 77.4 cm³/mol. The van der Waals surface area contributed by atoms with Crippen molar-refractivity contribution in [2.75, 3.05) is 32.8 Å². The topological polar surface area (TPSA) is 61.8 Å². The van der Waals surface area contributed by atoms with Crippen LogP contribution < -0.4 is 5.32 Å². The summed E-state index contributed by atoms with van der Waals surface area (Å²) < 4.78 is 5.54. The number of carbonyl (C=O) groups is 1. The first kappa shape index (κ1) is 15.7. The molecule has 116 valence electrons. The first-order valence-corrected chi connectivity index (χ1v) is 7.95. The minimum atomic E-state index is -0.333. The van der Waals surface area contributed by atoms with Crippen molar-refractivity contribution in [3.63, 3.8) is 0 Å². The number of hydrogen-bond donors (Lipinski definition) is 2. The van der Waals surface area contributed by atoms with Crippen LogP contribution in [0.2, 0.25) is 0 Å². The van der Waals surface area contributed by atoms with Gasteiger partial charge in [-0.05, 0) is 51.5 Å². The Hall–Kier alpha value is -0.650. The lowest BCUT2D eigenvalue weighted by atomic mass is 10.1. The van der Waals surface area contributed by atoms with Crippen LogP contribution in [0.5, 0.6) is 0 Å². The molecule has 2 aliphatic rings. The Morgan fingerprint density at radius 1 is 1.35 bits per heavy atom. The van der Waals surface area contributed by atoms with Crippen molar-refractivity contribution in [3.8, 4) is 0 Å². The summed E-state index contributed by atoms with van der Waals surface area (Å²) in [6.45, 7) is 6.18. The number of rotatable bonds is 8. The van der Waals surface area contributed by atoms with Gasteiger partial charge in [0.05, 0.1) is 12.7 Å². The van der Waals surface area contributed by atoms with Gasteiger partial charge in [0.25, 0.3) is 0 Å². The third-order valence-corrected chi connectivity index (χ3v) is 4.16. The number of amides is 1. The molecule has 20 heavy (non-hydrogen) atoms. The Morgan fingerprint density at radius 3 is 2.70 bits per heavy atom. The van der Waals surface area contributed by atoms with E-state index in [1.54, 1.807) is 0 Å². The van der Waals surface area contributed by atoms with E-state index in [1.165, 1.54) is 12.8 Å². The lowest BCUT2D eigenvalue weighted by Gasteiger charge is -2.29. The molecule has 2 rings (SSSR count). The molecule has 1 saturated heterocycles. The first-order valence-electron chi connectivity index (χ1n) is 7.95. The highest BCUT2D eigenvalue weighted by molar-refractivity contribution is 5.80. The molecule has 2 fully saturated rings. The normalized spacial score (nSPS) is 22.7. The maximum absolute atomic E-state index is 11.8. The zero-order chi connectivity index (χ0) is 14.4. The van der Waals surface area contributed by atoms with Gasteiger partial charge in [0, 0.05) is 19.6 Å². The van der Waals surface area contributed by atoms with Crippen LogP contribution in [0.25, 0.3) is 0 Å². The molecule has 0 radical (unpaired) electrons. The standard InChI is InChI=1S/C15H28N2O3/c1-12(20-11-13-3-4-13)15(19)16-7-2-8-17-9-5-14(18)6-10-17/h12-14,18H,2-11H2,1H3,(H,16,19). The van der Waals surface area contributed by atoms with Gasteiger partial charge in [-0.2, -0.15) is 0 Å². The molecule has 1 unspecified atom stereocenters. The molecule has 1 heterocycles. The molecule has 5 nitrogen and oxygen atoms in total. The Labute approximate surface area is 121 Å². The zero-order valence-electron chi connectivity index (χ0n) is 12.5. The van der Waals surface area contributed by atoms with E-state index in [9.17, 15) is 9.90 Å². The van der Waals surface area contributed by atoms with E-state index in [0.29, 0.717) is 12.5 Å². The van der Waals surface area contributed by atoms with Gasteiger partial charge in [-0.15, -0.1) is 0 Å². The molecular formula is C15H28N2O3. The highest BCUT2D eigenvalue weighted by Crippen LogP contribution is 2.29. The van der Waals surface area contributed by atoms with Crippen LogP contribution in [-0.4, -0.2) is 60.9 Å². The fourth-order valence-corrected chi connectivity index (χ4v) is 2.44. The van der Waals surface area contributed by atoms with Crippen molar-refractivity contribution in [2.45, 2.75) is 51.2 Å². The van der Waals surface area contributed by atoms with Gasteiger partial charge < -0.3 is 20.1 Å². The summed E-state index contributed by atoms with van der Waals surface area (Å²) >= 11 is 0. The highest BCUT2D eigenvalue weighted by Gasteiger charge is 2.24. The number of nitrogens with one attached hydrogen (secondary N) is 1. The fraction of sp³-hybridized carbons (Fsp3) is 0.933. The van der Waals surface area contributed by atoms with Gasteiger partial charge in [0.1, 0.15) is 6.10 Å². The van der Waals surface area contributed by atoms with Crippen LogP contribution in [-0.2, 0) is 9.53 Å². The Bertz CT molecular complexity index is 299. The van der Waals surface area contributed by atoms with Crippen molar-refractivity contribution in [2.24, 2.45) is 5.92 Å². The van der Waals surface area contributed by atoms with Gasteiger partial charge in [0.15, 0.2) is 0 Å². The van der Waals surface area contributed by atoms with Gasteiger partial charge in [0.2, 0.25) is 5.91 Å². The number of ether oxygens (including phenoxy) is 1. The lowest BCUT2D eigenvalue weighted by Crippen LogP contribution is -2.39. The number of hydrogen-bond acceptors (Lipinski definition) is 4. The monoisotopic (exact) mass is 284 g/mol. The number of nitrogens with zero attached hydrogens (tertiary/aromatic N) is 1. The maximum Gasteiger partial charge on any atom is 0.248 e. The summed E-state index contributed by atoms with van der Waals surface area (Å²) in [7, 11) is 0. The van der Waals surface area contributed by atoms with E-state index in [2.05, 4.69) is 10.2 Å². The van der Waals surface area contributed by atoms with Crippen molar-refractivity contribution < 1.29 is 14.6 Å².